The van der Waals surface area contributed by atoms with Crippen LogP contribution in [0.1, 0.15) is 12.0 Å². The van der Waals surface area contributed by atoms with Gasteiger partial charge in [-0.25, -0.2) is 4.39 Å². The molecule has 17 heavy (non-hydrogen) atoms. The fourth-order valence-corrected chi connectivity index (χ4v) is 1.59. The molecule has 3 nitrogen and oxygen atoms in total. The van der Waals surface area contributed by atoms with E-state index < -0.39 is 11.9 Å². The summed E-state index contributed by atoms with van der Waals surface area (Å²) in [7, 11) is 1.54. The minimum atomic E-state index is -0.603. The summed E-state index contributed by atoms with van der Waals surface area (Å²) in [5, 5.41) is 0.374. The van der Waals surface area contributed by atoms with E-state index >= 15 is 0 Å². The standard InChI is InChI=1S/C12H15ClFNO2/c1-17-5-4-11(15)12(16)7-8-6-9(14)2-3-10(8)13/h2-3,6,11H,4-5,7,15H2,1H3. The van der Waals surface area contributed by atoms with E-state index in [1.165, 1.54) is 18.2 Å². The second kappa shape index (κ2) is 6.69. The molecule has 0 radical (unpaired) electrons. The van der Waals surface area contributed by atoms with E-state index in [9.17, 15) is 9.18 Å². The van der Waals surface area contributed by atoms with Gasteiger partial charge >= 0.3 is 0 Å². The largest absolute Gasteiger partial charge is 0.385 e. The van der Waals surface area contributed by atoms with E-state index in [1.54, 1.807) is 7.11 Å². The maximum Gasteiger partial charge on any atom is 0.154 e. The molecule has 0 bridgehead atoms. The molecule has 94 valence electrons. The highest BCUT2D eigenvalue weighted by Crippen LogP contribution is 2.18. The zero-order valence-corrected chi connectivity index (χ0v) is 10.3. The maximum atomic E-state index is 13.0. The van der Waals surface area contributed by atoms with E-state index in [-0.39, 0.29) is 12.2 Å². The Morgan fingerprint density at radius 3 is 2.94 bits per heavy atom. The number of ketones is 1. The van der Waals surface area contributed by atoms with Crippen molar-refractivity contribution in [2.75, 3.05) is 13.7 Å². The number of carbonyl (C=O) groups excluding carboxylic acids is 1. The number of Topliss-reactive ketones (excluding diaryl/α,β-unsaturated/α-hetero) is 1. The summed E-state index contributed by atoms with van der Waals surface area (Å²) in [6.07, 6.45) is 0.490. The molecule has 0 aliphatic carbocycles. The first kappa shape index (κ1) is 14.1. The van der Waals surface area contributed by atoms with Gasteiger partial charge in [-0.05, 0) is 30.2 Å². The molecule has 1 rings (SSSR count). The predicted molar refractivity (Wildman–Crippen MR) is 64.6 cm³/mol. The molecule has 0 fully saturated rings. The third-order valence-corrected chi connectivity index (χ3v) is 2.79. The van der Waals surface area contributed by atoms with Crippen molar-refractivity contribution in [2.45, 2.75) is 18.9 Å². The van der Waals surface area contributed by atoms with Crippen molar-refractivity contribution in [3.63, 3.8) is 0 Å². The Morgan fingerprint density at radius 2 is 2.29 bits per heavy atom. The second-order valence-corrected chi connectivity index (χ2v) is 4.17. The average Bonchev–Trinajstić information content (AvgIpc) is 2.30. The van der Waals surface area contributed by atoms with Crippen LogP contribution in [0.4, 0.5) is 4.39 Å². The summed E-state index contributed by atoms with van der Waals surface area (Å²) < 4.78 is 17.8. The van der Waals surface area contributed by atoms with Gasteiger partial charge in [0.2, 0.25) is 0 Å². The van der Waals surface area contributed by atoms with Crippen LogP contribution in [0.2, 0.25) is 5.02 Å². The number of hydrogen-bond acceptors (Lipinski definition) is 3. The summed E-state index contributed by atoms with van der Waals surface area (Å²) in [5.41, 5.74) is 6.14. The molecule has 0 aliphatic heterocycles. The first-order valence-corrected chi connectivity index (χ1v) is 5.63. The molecule has 1 unspecified atom stereocenters. The zero-order chi connectivity index (χ0) is 12.8. The van der Waals surface area contributed by atoms with Gasteiger partial charge in [-0.3, -0.25) is 4.79 Å². The van der Waals surface area contributed by atoms with Gasteiger partial charge in [0.05, 0.1) is 6.04 Å². The normalized spacial score (nSPS) is 12.5. The minimum absolute atomic E-state index is 0.0431. The van der Waals surface area contributed by atoms with Gasteiger partial charge in [0.1, 0.15) is 5.82 Å². The van der Waals surface area contributed by atoms with Crippen LogP contribution < -0.4 is 5.73 Å². The van der Waals surface area contributed by atoms with Crippen molar-refractivity contribution in [1.82, 2.24) is 0 Å². The third kappa shape index (κ3) is 4.42. The first-order valence-electron chi connectivity index (χ1n) is 5.25. The maximum absolute atomic E-state index is 13.0. The lowest BCUT2D eigenvalue weighted by atomic mass is 10.0. The van der Waals surface area contributed by atoms with Crippen molar-refractivity contribution in [2.24, 2.45) is 5.73 Å². The molecule has 0 saturated heterocycles. The molecule has 1 aromatic carbocycles. The van der Waals surface area contributed by atoms with E-state index in [2.05, 4.69) is 0 Å². The van der Waals surface area contributed by atoms with Gasteiger partial charge in [0, 0.05) is 25.2 Å². The second-order valence-electron chi connectivity index (χ2n) is 3.77. The van der Waals surface area contributed by atoms with Crippen LogP contribution in [0.15, 0.2) is 18.2 Å². The van der Waals surface area contributed by atoms with Gasteiger partial charge < -0.3 is 10.5 Å². The highest BCUT2D eigenvalue weighted by atomic mass is 35.5. The predicted octanol–water partition coefficient (Wildman–Crippen LogP) is 1.95. The van der Waals surface area contributed by atoms with Gasteiger partial charge in [-0.2, -0.15) is 0 Å². The lowest BCUT2D eigenvalue weighted by Crippen LogP contribution is -2.33. The summed E-state index contributed by atoms with van der Waals surface area (Å²) in [6.45, 7) is 0.420. The first-order chi connectivity index (χ1) is 8.04. The SMILES string of the molecule is COCCC(N)C(=O)Cc1cc(F)ccc1Cl. The van der Waals surface area contributed by atoms with E-state index in [1.807, 2.05) is 0 Å². The van der Waals surface area contributed by atoms with Gasteiger partial charge in [-0.15, -0.1) is 0 Å². The molecule has 2 N–H and O–H groups in total. The number of nitrogens with two attached hydrogens (primary N) is 1. The number of benzene rings is 1. The number of ether oxygens (including phenoxy) is 1. The molecule has 5 heteroatoms. The number of rotatable bonds is 6. The fourth-order valence-electron chi connectivity index (χ4n) is 1.40. The molecular weight excluding hydrogens is 245 g/mol. The Hall–Kier alpha value is -0.970. The van der Waals surface area contributed by atoms with Crippen molar-refractivity contribution in [3.05, 3.63) is 34.6 Å². The molecule has 0 aliphatic rings. The number of methoxy groups -OCH3 is 1. The Morgan fingerprint density at radius 1 is 1.59 bits per heavy atom. The minimum Gasteiger partial charge on any atom is -0.385 e. The fraction of sp³-hybridized carbons (Fsp3) is 0.417. The topological polar surface area (TPSA) is 52.3 Å². The number of hydrogen-bond donors (Lipinski definition) is 1. The van der Waals surface area contributed by atoms with E-state index in [0.29, 0.717) is 23.6 Å². The highest BCUT2D eigenvalue weighted by Gasteiger charge is 2.15. The van der Waals surface area contributed by atoms with Crippen molar-refractivity contribution in [1.29, 1.82) is 0 Å². The van der Waals surface area contributed by atoms with Gasteiger partial charge in [0.25, 0.3) is 0 Å². The summed E-state index contributed by atoms with van der Waals surface area (Å²) in [4.78, 5) is 11.7. The van der Waals surface area contributed by atoms with Crippen LogP contribution in [-0.4, -0.2) is 25.5 Å². The lowest BCUT2D eigenvalue weighted by molar-refractivity contribution is -0.120. The lowest BCUT2D eigenvalue weighted by Gasteiger charge is -2.10. The molecule has 0 amide bonds. The number of carbonyl (C=O) groups is 1. The van der Waals surface area contributed by atoms with Gasteiger partial charge in [0.15, 0.2) is 5.78 Å². The zero-order valence-electron chi connectivity index (χ0n) is 9.58. The Bertz CT molecular complexity index is 398. The average molecular weight is 260 g/mol. The quantitative estimate of drug-likeness (QED) is 0.850. The molecule has 1 aromatic rings. The Balaban J connectivity index is 2.64. The van der Waals surface area contributed by atoms with Crippen LogP contribution in [0, 0.1) is 5.82 Å². The van der Waals surface area contributed by atoms with Crippen LogP contribution >= 0.6 is 11.6 Å². The summed E-state index contributed by atoms with van der Waals surface area (Å²) in [5.74, 6) is -0.586. The van der Waals surface area contributed by atoms with Crippen molar-refractivity contribution in [3.8, 4) is 0 Å². The molecule has 0 heterocycles. The van der Waals surface area contributed by atoms with Gasteiger partial charge in [-0.1, -0.05) is 11.6 Å². The van der Waals surface area contributed by atoms with Crippen molar-refractivity contribution >= 4 is 17.4 Å². The van der Waals surface area contributed by atoms with Crippen LogP contribution in [-0.2, 0) is 16.0 Å². The number of halogens is 2. The molecule has 0 spiro atoms. The van der Waals surface area contributed by atoms with Crippen LogP contribution in [0.5, 0.6) is 0 Å². The van der Waals surface area contributed by atoms with Crippen LogP contribution in [0.25, 0.3) is 0 Å². The smallest absolute Gasteiger partial charge is 0.154 e. The molecular formula is C12H15ClFNO2. The molecule has 0 saturated carbocycles. The van der Waals surface area contributed by atoms with E-state index in [4.69, 9.17) is 22.1 Å². The van der Waals surface area contributed by atoms with E-state index in [0.717, 1.165) is 0 Å². The highest BCUT2D eigenvalue weighted by molar-refractivity contribution is 6.31. The summed E-state index contributed by atoms with van der Waals surface area (Å²) >= 11 is 5.86. The summed E-state index contributed by atoms with van der Waals surface area (Å²) in [6, 6.07) is 3.33. The Labute approximate surface area is 105 Å². The Kier molecular flexibility index (Phi) is 5.55. The third-order valence-electron chi connectivity index (χ3n) is 2.42. The monoisotopic (exact) mass is 259 g/mol. The van der Waals surface area contributed by atoms with Crippen molar-refractivity contribution < 1.29 is 13.9 Å². The van der Waals surface area contributed by atoms with Crippen LogP contribution in [0.3, 0.4) is 0 Å². The molecule has 1 atom stereocenters. The molecule has 0 aromatic heterocycles.